The largest absolute Gasteiger partial charge is 0.385 e. The monoisotopic (exact) mass is 301 g/mol. The summed E-state index contributed by atoms with van der Waals surface area (Å²) in [4.78, 5) is 19.3. The van der Waals surface area contributed by atoms with Gasteiger partial charge in [0.05, 0.1) is 0 Å². The van der Waals surface area contributed by atoms with Crippen LogP contribution in [0, 0.1) is 6.92 Å². The number of hydrogen-bond donors (Lipinski definition) is 1. The van der Waals surface area contributed by atoms with E-state index in [1.54, 1.807) is 16.2 Å². The number of thiophene rings is 1. The van der Waals surface area contributed by atoms with E-state index >= 15 is 0 Å². The van der Waals surface area contributed by atoms with Crippen LogP contribution in [0.5, 0.6) is 0 Å². The number of aliphatic imine (C=N–C) groups is 1. The molecule has 2 amide bonds. The van der Waals surface area contributed by atoms with Gasteiger partial charge in [-0.05, 0) is 35.8 Å². The van der Waals surface area contributed by atoms with Gasteiger partial charge in [0.15, 0.2) is 0 Å². The molecule has 4 nitrogen and oxygen atoms in total. The van der Waals surface area contributed by atoms with E-state index in [2.05, 4.69) is 20.9 Å². The molecule has 1 aromatic rings. The number of carbonyl (C=O) groups is 1. The number of rotatable bonds is 2. The summed E-state index contributed by atoms with van der Waals surface area (Å²) in [7, 11) is 0. The van der Waals surface area contributed by atoms with Gasteiger partial charge in [-0.1, -0.05) is 0 Å². The lowest BCUT2D eigenvalue weighted by molar-refractivity contribution is 0.210. The Labute approximate surface area is 106 Å². The Morgan fingerprint density at radius 1 is 1.69 bits per heavy atom. The summed E-state index contributed by atoms with van der Waals surface area (Å²) >= 11 is 5.10. The van der Waals surface area contributed by atoms with Crippen molar-refractivity contribution in [3.63, 3.8) is 0 Å². The lowest BCUT2D eigenvalue weighted by atomic mass is 10.2. The molecule has 0 bridgehead atoms. The molecule has 1 aromatic heterocycles. The molecule has 0 spiro atoms. The average molecular weight is 302 g/mol. The van der Waals surface area contributed by atoms with Gasteiger partial charge in [-0.3, -0.25) is 0 Å². The zero-order valence-corrected chi connectivity index (χ0v) is 11.4. The van der Waals surface area contributed by atoms with E-state index in [0.29, 0.717) is 12.4 Å². The normalized spacial score (nSPS) is 20.4. The number of hydrogen-bond acceptors (Lipinski definition) is 3. The minimum absolute atomic E-state index is 0.188. The van der Waals surface area contributed by atoms with Crippen LogP contribution in [0.2, 0.25) is 0 Å². The maximum atomic E-state index is 11.5. The number of nitrogens with zero attached hydrogens (tertiary/aromatic N) is 2. The van der Waals surface area contributed by atoms with Crippen molar-refractivity contribution in [2.75, 3.05) is 6.54 Å². The highest BCUT2D eigenvalue weighted by molar-refractivity contribution is 9.10. The molecule has 6 heteroatoms. The van der Waals surface area contributed by atoms with Gasteiger partial charge in [0.2, 0.25) is 0 Å². The van der Waals surface area contributed by atoms with E-state index in [1.165, 1.54) is 4.88 Å². The fourth-order valence-electron chi connectivity index (χ4n) is 1.74. The molecule has 2 N–H and O–H groups in total. The zero-order chi connectivity index (χ0) is 11.9. The minimum Gasteiger partial charge on any atom is -0.385 e. The number of urea groups is 1. The number of halogens is 1. The van der Waals surface area contributed by atoms with Gasteiger partial charge in [0.1, 0.15) is 11.9 Å². The van der Waals surface area contributed by atoms with E-state index < -0.39 is 0 Å². The smallest absolute Gasteiger partial charge is 0.346 e. The van der Waals surface area contributed by atoms with E-state index in [1.807, 2.05) is 19.9 Å². The van der Waals surface area contributed by atoms with Crippen LogP contribution < -0.4 is 5.73 Å². The Balaban J connectivity index is 2.39. The highest BCUT2D eigenvalue weighted by atomic mass is 79.9. The molecule has 1 atom stereocenters. The third-order valence-electron chi connectivity index (χ3n) is 2.55. The topological polar surface area (TPSA) is 58.7 Å². The summed E-state index contributed by atoms with van der Waals surface area (Å²) < 4.78 is 1.05. The molecule has 1 aliphatic rings. The second kappa shape index (κ2) is 4.18. The van der Waals surface area contributed by atoms with Crippen molar-refractivity contribution in [1.29, 1.82) is 0 Å². The second-order valence-electron chi connectivity index (χ2n) is 3.56. The summed E-state index contributed by atoms with van der Waals surface area (Å²) in [5.74, 6) is 0.389. The van der Waals surface area contributed by atoms with Gasteiger partial charge in [-0.15, -0.1) is 11.3 Å². The molecule has 1 aliphatic heterocycles. The fraction of sp³-hybridized carbons (Fsp3) is 0.400. The highest BCUT2D eigenvalue weighted by Crippen LogP contribution is 2.35. The van der Waals surface area contributed by atoms with Crippen molar-refractivity contribution in [2.45, 2.75) is 19.9 Å². The summed E-state index contributed by atoms with van der Waals surface area (Å²) in [5.41, 5.74) is 5.81. The summed E-state index contributed by atoms with van der Waals surface area (Å²) in [6.45, 7) is 4.56. The quantitative estimate of drug-likeness (QED) is 0.913. The van der Waals surface area contributed by atoms with Crippen LogP contribution in [-0.2, 0) is 0 Å². The maximum absolute atomic E-state index is 11.5. The summed E-state index contributed by atoms with van der Waals surface area (Å²) in [6.07, 6.45) is 0. The van der Waals surface area contributed by atoms with Gasteiger partial charge in [-0.2, -0.15) is 4.99 Å². The number of carbonyl (C=O) groups excluding carboxylic acids is 1. The van der Waals surface area contributed by atoms with Gasteiger partial charge in [0, 0.05) is 20.8 Å². The van der Waals surface area contributed by atoms with Crippen molar-refractivity contribution in [3.05, 3.63) is 20.3 Å². The predicted molar refractivity (Wildman–Crippen MR) is 68.9 cm³/mol. The lowest BCUT2D eigenvalue weighted by Crippen LogP contribution is -2.32. The SMILES string of the molecule is CCN1C(=O)N=C(N)C1c1cc(Br)c(C)s1. The molecule has 0 saturated carbocycles. The number of amidine groups is 1. The minimum atomic E-state index is -0.243. The van der Waals surface area contributed by atoms with Crippen molar-refractivity contribution < 1.29 is 4.79 Å². The molecule has 0 aliphatic carbocycles. The first-order chi connectivity index (χ1) is 7.54. The molecule has 16 heavy (non-hydrogen) atoms. The number of likely N-dealkylation sites (N-methyl/N-ethyl adjacent to an activating group) is 1. The Hall–Kier alpha value is -0.880. The average Bonchev–Trinajstić information content (AvgIpc) is 2.67. The van der Waals surface area contributed by atoms with E-state index in [4.69, 9.17) is 5.73 Å². The molecule has 86 valence electrons. The van der Waals surface area contributed by atoms with Crippen LogP contribution in [-0.4, -0.2) is 23.3 Å². The first-order valence-electron chi connectivity index (χ1n) is 4.95. The van der Waals surface area contributed by atoms with Crippen molar-refractivity contribution in [1.82, 2.24) is 4.90 Å². The Morgan fingerprint density at radius 3 is 2.88 bits per heavy atom. The van der Waals surface area contributed by atoms with Crippen LogP contribution in [0.4, 0.5) is 4.79 Å². The van der Waals surface area contributed by atoms with Gasteiger partial charge >= 0.3 is 6.03 Å². The highest BCUT2D eigenvalue weighted by Gasteiger charge is 2.34. The van der Waals surface area contributed by atoms with Crippen molar-refractivity contribution in [2.24, 2.45) is 10.7 Å². The molecular formula is C10H12BrN3OS. The first-order valence-corrected chi connectivity index (χ1v) is 6.56. The van der Waals surface area contributed by atoms with E-state index in [0.717, 1.165) is 9.35 Å². The number of nitrogens with two attached hydrogens (primary N) is 1. The molecule has 2 rings (SSSR count). The second-order valence-corrected chi connectivity index (χ2v) is 5.70. The predicted octanol–water partition coefficient (Wildman–Crippen LogP) is 2.67. The van der Waals surface area contributed by atoms with Gasteiger partial charge in [-0.25, -0.2) is 4.79 Å². The third-order valence-corrected chi connectivity index (χ3v) is 4.74. The Bertz CT molecular complexity index is 449. The van der Waals surface area contributed by atoms with Crippen molar-refractivity contribution in [3.8, 4) is 0 Å². The Kier molecular flexibility index (Phi) is 3.03. The van der Waals surface area contributed by atoms with Gasteiger partial charge < -0.3 is 10.6 Å². The third kappa shape index (κ3) is 1.76. The first kappa shape index (κ1) is 11.6. The van der Waals surface area contributed by atoms with E-state index in [-0.39, 0.29) is 12.1 Å². The fourth-order valence-corrected chi connectivity index (χ4v) is 3.43. The number of amides is 2. The molecule has 0 saturated heterocycles. The van der Waals surface area contributed by atoms with Crippen LogP contribution in [0.1, 0.15) is 22.7 Å². The number of aryl methyl sites for hydroxylation is 1. The van der Waals surface area contributed by atoms with Crippen LogP contribution in [0.3, 0.4) is 0 Å². The zero-order valence-electron chi connectivity index (χ0n) is 9.03. The van der Waals surface area contributed by atoms with E-state index in [9.17, 15) is 4.79 Å². The molecular weight excluding hydrogens is 290 g/mol. The summed E-state index contributed by atoms with van der Waals surface area (Å²) in [5, 5.41) is 0. The molecule has 0 aromatic carbocycles. The molecule has 2 heterocycles. The Morgan fingerprint density at radius 2 is 2.38 bits per heavy atom. The standard InChI is InChI=1S/C10H12BrN3OS/c1-3-14-8(9(12)13-10(14)15)7-4-6(11)5(2)16-7/h4,8H,3H2,1-2H3,(H2,12,13,15). The van der Waals surface area contributed by atoms with Gasteiger partial charge in [0.25, 0.3) is 0 Å². The molecule has 0 radical (unpaired) electrons. The molecule has 0 fully saturated rings. The summed E-state index contributed by atoms with van der Waals surface area (Å²) in [6, 6.07) is 1.58. The lowest BCUT2D eigenvalue weighted by Gasteiger charge is -2.21. The van der Waals surface area contributed by atoms with Crippen LogP contribution in [0.25, 0.3) is 0 Å². The maximum Gasteiger partial charge on any atom is 0.346 e. The van der Waals surface area contributed by atoms with Crippen LogP contribution >= 0.6 is 27.3 Å². The van der Waals surface area contributed by atoms with Crippen molar-refractivity contribution >= 4 is 39.1 Å². The van der Waals surface area contributed by atoms with Crippen LogP contribution in [0.15, 0.2) is 15.5 Å². The molecule has 1 unspecified atom stereocenters.